The molecule has 34 heavy (non-hydrogen) atoms. The largest absolute Gasteiger partial charge is 0.383 e. The van der Waals surface area contributed by atoms with Gasteiger partial charge in [-0.2, -0.15) is 0 Å². The Morgan fingerprint density at radius 2 is 1.76 bits per heavy atom. The highest BCUT2D eigenvalue weighted by Gasteiger charge is 2.41. The Labute approximate surface area is 199 Å². The van der Waals surface area contributed by atoms with Gasteiger partial charge < -0.3 is 10.0 Å². The average Bonchev–Trinajstić information content (AvgIpc) is 3.17. The molecule has 0 aliphatic carbocycles. The summed E-state index contributed by atoms with van der Waals surface area (Å²) in [6, 6.07) is 11.5. The molecule has 1 unspecified atom stereocenters. The molecule has 0 bridgehead atoms. The van der Waals surface area contributed by atoms with E-state index in [1.54, 1.807) is 12.1 Å². The zero-order valence-corrected chi connectivity index (χ0v) is 19.4. The highest BCUT2D eigenvalue weighted by atomic mass is 16.3. The molecule has 3 aliphatic heterocycles. The predicted molar refractivity (Wildman–Crippen MR) is 125 cm³/mol. The normalized spacial score (nSPS) is 22.6. The van der Waals surface area contributed by atoms with Gasteiger partial charge in [-0.1, -0.05) is 31.2 Å². The molecule has 0 radical (unpaired) electrons. The lowest BCUT2D eigenvalue weighted by atomic mass is 9.87. The number of nitrogens with one attached hydrogen (secondary N) is 1. The number of piperidine rings is 2. The minimum absolute atomic E-state index is 0.213. The Hall–Kier alpha value is -3.10. The van der Waals surface area contributed by atoms with Crippen LogP contribution in [0, 0.1) is 0 Å². The number of amides is 3. The summed E-state index contributed by atoms with van der Waals surface area (Å²) in [5.74, 6) is -0.996. The van der Waals surface area contributed by atoms with Gasteiger partial charge in [-0.3, -0.25) is 29.6 Å². The summed E-state index contributed by atoms with van der Waals surface area (Å²) >= 11 is 0. The minimum atomic E-state index is -1.04. The van der Waals surface area contributed by atoms with Crippen LogP contribution in [-0.4, -0.2) is 56.7 Å². The molecule has 1 atom stereocenters. The molecule has 2 N–H and O–H groups in total. The molecule has 1 aromatic heterocycles. The van der Waals surface area contributed by atoms with Crippen LogP contribution in [0.2, 0.25) is 0 Å². The van der Waals surface area contributed by atoms with Gasteiger partial charge in [0.2, 0.25) is 11.8 Å². The quantitative estimate of drug-likeness (QED) is 0.658. The zero-order valence-electron chi connectivity index (χ0n) is 19.4. The van der Waals surface area contributed by atoms with Crippen LogP contribution < -0.4 is 5.32 Å². The first-order valence-corrected chi connectivity index (χ1v) is 12.0. The summed E-state index contributed by atoms with van der Waals surface area (Å²) < 4.78 is 0. The SMILES string of the molecule is CCc1ccc(CN2CCC(O)(c3ccc4c(n3)CN(C3CCC(=O)NC3=O)C4=O)CC2)cc1. The minimum Gasteiger partial charge on any atom is -0.383 e. The van der Waals surface area contributed by atoms with Crippen LogP contribution in [0.5, 0.6) is 0 Å². The van der Waals surface area contributed by atoms with Gasteiger partial charge in [0.15, 0.2) is 0 Å². The molecule has 1 aromatic carbocycles. The fourth-order valence-electron chi connectivity index (χ4n) is 5.17. The summed E-state index contributed by atoms with van der Waals surface area (Å²) in [5.41, 5.74) is 3.18. The average molecular weight is 463 g/mol. The van der Waals surface area contributed by atoms with Crippen LogP contribution in [0.25, 0.3) is 0 Å². The lowest BCUT2D eigenvalue weighted by Gasteiger charge is -2.38. The van der Waals surface area contributed by atoms with Crippen molar-refractivity contribution in [3.63, 3.8) is 0 Å². The number of rotatable bonds is 5. The number of hydrogen-bond donors (Lipinski definition) is 2. The number of fused-ring (bicyclic) bond motifs is 1. The van der Waals surface area contributed by atoms with Crippen molar-refractivity contribution in [2.24, 2.45) is 0 Å². The van der Waals surface area contributed by atoms with E-state index in [-0.39, 0.29) is 24.8 Å². The summed E-state index contributed by atoms with van der Waals surface area (Å²) in [4.78, 5) is 45.1. The van der Waals surface area contributed by atoms with E-state index < -0.39 is 17.6 Å². The first kappa shape index (κ1) is 22.7. The van der Waals surface area contributed by atoms with Crippen LogP contribution in [-0.2, 0) is 34.7 Å². The Kier molecular flexibility index (Phi) is 5.95. The van der Waals surface area contributed by atoms with E-state index in [0.717, 1.165) is 26.1 Å². The molecule has 178 valence electrons. The highest BCUT2D eigenvalue weighted by molar-refractivity contribution is 6.05. The van der Waals surface area contributed by atoms with Crippen LogP contribution in [0.3, 0.4) is 0 Å². The first-order chi connectivity index (χ1) is 16.4. The van der Waals surface area contributed by atoms with E-state index in [9.17, 15) is 19.5 Å². The van der Waals surface area contributed by atoms with Crippen LogP contribution in [0.1, 0.15) is 65.5 Å². The predicted octanol–water partition coefficient (Wildman–Crippen LogP) is 1.89. The van der Waals surface area contributed by atoms with Gasteiger partial charge in [0.05, 0.1) is 23.5 Å². The van der Waals surface area contributed by atoms with Crippen molar-refractivity contribution in [1.29, 1.82) is 0 Å². The Morgan fingerprint density at radius 1 is 1.06 bits per heavy atom. The standard InChI is InChI=1S/C26H30N4O4/c1-2-17-3-5-18(6-4-17)15-29-13-11-26(34,12-14-29)22-9-7-19-20(27-22)16-30(25(19)33)21-8-10-23(31)28-24(21)32/h3-7,9,21,34H,2,8,10-16H2,1H3,(H,28,31,32). The molecule has 2 saturated heterocycles. The maximum atomic E-state index is 12.9. The fourth-order valence-corrected chi connectivity index (χ4v) is 5.17. The summed E-state index contributed by atoms with van der Waals surface area (Å²) in [6.45, 7) is 4.73. The van der Waals surface area contributed by atoms with Crippen LogP contribution >= 0.6 is 0 Å². The topological polar surface area (TPSA) is 103 Å². The van der Waals surface area contributed by atoms with Gasteiger partial charge in [-0.05, 0) is 48.9 Å². The smallest absolute Gasteiger partial charge is 0.256 e. The summed E-state index contributed by atoms with van der Waals surface area (Å²) in [7, 11) is 0. The van der Waals surface area contributed by atoms with E-state index in [4.69, 9.17) is 0 Å². The van der Waals surface area contributed by atoms with Gasteiger partial charge in [0, 0.05) is 26.1 Å². The van der Waals surface area contributed by atoms with Crippen LogP contribution in [0.15, 0.2) is 36.4 Å². The number of aliphatic hydroxyl groups is 1. The number of carbonyl (C=O) groups excluding carboxylic acids is 3. The summed E-state index contributed by atoms with van der Waals surface area (Å²) in [5, 5.41) is 13.7. The number of pyridine rings is 1. The number of carbonyl (C=O) groups is 3. The number of benzene rings is 1. The van der Waals surface area contributed by atoms with E-state index in [2.05, 4.69) is 46.4 Å². The third-order valence-electron chi connectivity index (χ3n) is 7.37. The number of hydrogen-bond acceptors (Lipinski definition) is 6. The van der Waals surface area contributed by atoms with Crippen molar-refractivity contribution < 1.29 is 19.5 Å². The fraction of sp³-hybridized carbons (Fsp3) is 0.462. The van der Waals surface area contributed by atoms with Gasteiger partial charge in [0.25, 0.3) is 5.91 Å². The second-order valence-corrected chi connectivity index (χ2v) is 9.57. The maximum Gasteiger partial charge on any atom is 0.256 e. The van der Waals surface area contributed by atoms with Crippen molar-refractivity contribution in [2.45, 2.75) is 63.8 Å². The molecule has 3 amide bonds. The Bertz CT molecular complexity index is 1120. The second kappa shape index (κ2) is 8.92. The summed E-state index contributed by atoms with van der Waals surface area (Å²) in [6.07, 6.45) is 2.70. The van der Waals surface area contributed by atoms with E-state index >= 15 is 0 Å². The number of imide groups is 1. The molecule has 4 heterocycles. The highest BCUT2D eigenvalue weighted by Crippen LogP contribution is 2.34. The van der Waals surface area contributed by atoms with Crippen molar-refractivity contribution in [2.75, 3.05) is 13.1 Å². The van der Waals surface area contributed by atoms with Gasteiger partial charge in [0.1, 0.15) is 11.6 Å². The van der Waals surface area contributed by atoms with Gasteiger partial charge in [-0.25, -0.2) is 0 Å². The lowest BCUT2D eigenvalue weighted by molar-refractivity contribution is -0.136. The molecule has 8 heteroatoms. The molecule has 3 aliphatic rings. The van der Waals surface area contributed by atoms with Crippen molar-refractivity contribution in [1.82, 2.24) is 20.1 Å². The van der Waals surface area contributed by atoms with Crippen molar-refractivity contribution >= 4 is 17.7 Å². The Balaban J connectivity index is 1.25. The van der Waals surface area contributed by atoms with Gasteiger partial charge >= 0.3 is 0 Å². The molecule has 8 nitrogen and oxygen atoms in total. The van der Waals surface area contributed by atoms with E-state index in [0.29, 0.717) is 36.2 Å². The lowest BCUT2D eigenvalue weighted by Crippen LogP contribution is -2.52. The number of likely N-dealkylation sites (tertiary alicyclic amines) is 1. The molecular formula is C26H30N4O4. The number of aryl methyl sites for hydroxylation is 1. The number of aromatic nitrogens is 1. The molecule has 0 spiro atoms. The third-order valence-corrected chi connectivity index (χ3v) is 7.37. The van der Waals surface area contributed by atoms with Crippen molar-refractivity contribution in [3.05, 3.63) is 64.5 Å². The molecular weight excluding hydrogens is 432 g/mol. The number of nitrogens with zero attached hydrogens (tertiary/aromatic N) is 3. The van der Waals surface area contributed by atoms with E-state index in [1.807, 2.05) is 0 Å². The third kappa shape index (κ3) is 4.23. The van der Waals surface area contributed by atoms with Crippen LogP contribution in [0.4, 0.5) is 0 Å². The zero-order chi connectivity index (χ0) is 23.9. The Morgan fingerprint density at radius 3 is 2.44 bits per heavy atom. The molecule has 2 fully saturated rings. The second-order valence-electron chi connectivity index (χ2n) is 9.57. The molecule has 2 aromatic rings. The monoisotopic (exact) mass is 462 g/mol. The maximum absolute atomic E-state index is 12.9. The van der Waals surface area contributed by atoms with Gasteiger partial charge in [-0.15, -0.1) is 0 Å². The molecule has 5 rings (SSSR count). The van der Waals surface area contributed by atoms with E-state index in [1.165, 1.54) is 16.0 Å². The first-order valence-electron chi connectivity index (χ1n) is 12.0. The van der Waals surface area contributed by atoms with Crippen molar-refractivity contribution in [3.8, 4) is 0 Å². The molecule has 0 saturated carbocycles.